The fraction of sp³-hybridized carbons (Fsp3) is 0.333. The topological polar surface area (TPSA) is 56.3 Å². The maximum atomic E-state index is 5.54. The Balaban J connectivity index is 1.69. The van der Waals surface area contributed by atoms with Crippen LogP contribution in [0.4, 0.5) is 0 Å². The van der Waals surface area contributed by atoms with E-state index in [1.807, 2.05) is 42.5 Å². The van der Waals surface area contributed by atoms with Gasteiger partial charge in [0.15, 0.2) is 0 Å². The second kappa shape index (κ2) is 9.23. The molecule has 1 heterocycles. The summed E-state index contributed by atoms with van der Waals surface area (Å²) in [6.07, 6.45) is 3.99. The number of hydrogen-bond donors (Lipinski definition) is 1. The Hall–Kier alpha value is -1.76. The zero-order chi connectivity index (χ0) is 14.8. The van der Waals surface area contributed by atoms with Crippen LogP contribution < -0.4 is 10.1 Å². The van der Waals surface area contributed by atoms with Crippen molar-refractivity contribution in [2.24, 2.45) is 0 Å². The SMILES string of the molecule is COCCNCc1nnc(OC/C=C/c2ccccc2)s1. The lowest BCUT2D eigenvalue weighted by Crippen LogP contribution is -2.18. The van der Waals surface area contributed by atoms with E-state index in [0.29, 0.717) is 25.0 Å². The molecular formula is C15H19N3O2S. The molecule has 0 amide bonds. The average molecular weight is 305 g/mol. The van der Waals surface area contributed by atoms with Gasteiger partial charge in [-0.3, -0.25) is 0 Å². The summed E-state index contributed by atoms with van der Waals surface area (Å²) in [5.74, 6) is 0. The lowest BCUT2D eigenvalue weighted by molar-refractivity contribution is 0.199. The van der Waals surface area contributed by atoms with Crippen LogP contribution in [0.1, 0.15) is 10.6 Å². The van der Waals surface area contributed by atoms with E-state index in [1.54, 1.807) is 7.11 Å². The number of methoxy groups -OCH3 is 1. The molecule has 0 fully saturated rings. The first kappa shape index (κ1) is 15.6. The summed E-state index contributed by atoms with van der Waals surface area (Å²) in [7, 11) is 1.68. The number of rotatable bonds is 9. The van der Waals surface area contributed by atoms with Crippen LogP contribution in [0.2, 0.25) is 0 Å². The highest BCUT2D eigenvalue weighted by Crippen LogP contribution is 2.17. The van der Waals surface area contributed by atoms with Gasteiger partial charge >= 0.3 is 0 Å². The molecule has 1 aromatic heterocycles. The third kappa shape index (κ3) is 6.03. The highest BCUT2D eigenvalue weighted by molar-refractivity contribution is 7.13. The van der Waals surface area contributed by atoms with Crippen molar-refractivity contribution in [3.63, 3.8) is 0 Å². The smallest absolute Gasteiger partial charge is 0.294 e. The summed E-state index contributed by atoms with van der Waals surface area (Å²) >= 11 is 1.46. The number of benzene rings is 1. The Kier molecular flexibility index (Phi) is 6.87. The summed E-state index contributed by atoms with van der Waals surface area (Å²) < 4.78 is 10.5. The number of aromatic nitrogens is 2. The predicted octanol–water partition coefficient (Wildman–Crippen LogP) is 2.37. The van der Waals surface area contributed by atoms with Gasteiger partial charge in [0.25, 0.3) is 5.19 Å². The molecule has 0 saturated carbocycles. The molecule has 0 spiro atoms. The predicted molar refractivity (Wildman–Crippen MR) is 84.5 cm³/mol. The van der Waals surface area contributed by atoms with E-state index >= 15 is 0 Å². The number of hydrogen-bond acceptors (Lipinski definition) is 6. The normalized spacial score (nSPS) is 11.1. The summed E-state index contributed by atoms with van der Waals surface area (Å²) in [5.41, 5.74) is 1.15. The standard InChI is InChI=1S/C15H19N3O2S/c1-19-11-9-16-12-14-17-18-15(21-14)20-10-5-8-13-6-3-2-4-7-13/h2-8,16H,9-12H2,1H3/b8-5+. The van der Waals surface area contributed by atoms with Crippen LogP contribution in [0.25, 0.3) is 6.08 Å². The highest BCUT2D eigenvalue weighted by atomic mass is 32.1. The van der Waals surface area contributed by atoms with Crippen LogP contribution in [0.5, 0.6) is 5.19 Å². The van der Waals surface area contributed by atoms with E-state index in [2.05, 4.69) is 15.5 Å². The molecule has 0 aliphatic carbocycles. The van der Waals surface area contributed by atoms with Crippen molar-refractivity contribution in [3.05, 3.63) is 47.0 Å². The first-order chi connectivity index (χ1) is 10.4. The third-order valence-electron chi connectivity index (χ3n) is 2.62. The molecule has 2 rings (SSSR count). The van der Waals surface area contributed by atoms with Crippen molar-refractivity contribution in [1.82, 2.24) is 15.5 Å². The lowest BCUT2D eigenvalue weighted by Gasteiger charge is -1.99. The molecule has 0 aliphatic rings. The van der Waals surface area contributed by atoms with Gasteiger partial charge in [-0.25, -0.2) is 0 Å². The van der Waals surface area contributed by atoms with Gasteiger partial charge in [-0.1, -0.05) is 52.8 Å². The maximum Gasteiger partial charge on any atom is 0.294 e. The second-order valence-electron chi connectivity index (χ2n) is 4.26. The fourth-order valence-electron chi connectivity index (χ4n) is 1.61. The van der Waals surface area contributed by atoms with Crippen molar-refractivity contribution in [3.8, 4) is 5.19 Å². The fourth-order valence-corrected chi connectivity index (χ4v) is 2.27. The Morgan fingerprint density at radius 1 is 1.24 bits per heavy atom. The maximum absolute atomic E-state index is 5.54. The van der Waals surface area contributed by atoms with Gasteiger partial charge in [-0.05, 0) is 11.6 Å². The first-order valence-electron chi connectivity index (χ1n) is 6.75. The monoisotopic (exact) mass is 305 g/mol. The summed E-state index contributed by atoms with van der Waals surface area (Å²) in [6, 6.07) is 10.1. The van der Waals surface area contributed by atoms with Crippen LogP contribution >= 0.6 is 11.3 Å². The molecule has 0 unspecified atom stereocenters. The van der Waals surface area contributed by atoms with E-state index in [4.69, 9.17) is 9.47 Å². The molecule has 0 radical (unpaired) electrons. The Morgan fingerprint density at radius 3 is 2.90 bits per heavy atom. The Labute approximate surface area is 128 Å². The van der Waals surface area contributed by atoms with Crippen molar-refractivity contribution < 1.29 is 9.47 Å². The zero-order valence-electron chi connectivity index (χ0n) is 12.0. The molecule has 5 nitrogen and oxygen atoms in total. The van der Waals surface area contributed by atoms with Gasteiger partial charge in [0.1, 0.15) is 11.6 Å². The minimum absolute atomic E-state index is 0.487. The number of ether oxygens (including phenoxy) is 2. The number of nitrogens with one attached hydrogen (secondary N) is 1. The molecule has 0 atom stereocenters. The van der Waals surface area contributed by atoms with Gasteiger partial charge in [0, 0.05) is 20.2 Å². The second-order valence-corrected chi connectivity index (χ2v) is 5.28. The van der Waals surface area contributed by atoms with E-state index in [9.17, 15) is 0 Å². The average Bonchev–Trinajstić information content (AvgIpc) is 2.97. The van der Waals surface area contributed by atoms with Crippen LogP contribution in [-0.2, 0) is 11.3 Å². The third-order valence-corrected chi connectivity index (χ3v) is 3.46. The van der Waals surface area contributed by atoms with E-state index in [1.165, 1.54) is 11.3 Å². The van der Waals surface area contributed by atoms with Crippen LogP contribution in [0, 0.1) is 0 Å². The minimum Gasteiger partial charge on any atom is -0.465 e. The van der Waals surface area contributed by atoms with Gasteiger partial charge in [0.05, 0.1) is 6.61 Å². The van der Waals surface area contributed by atoms with Gasteiger partial charge in [-0.15, -0.1) is 5.10 Å². The van der Waals surface area contributed by atoms with Crippen molar-refractivity contribution in [2.45, 2.75) is 6.54 Å². The van der Waals surface area contributed by atoms with Crippen LogP contribution in [0.15, 0.2) is 36.4 Å². The molecule has 21 heavy (non-hydrogen) atoms. The molecule has 2 aromatic rings. The van der Waals surface area contributed by atoms with Crippen molar-refractivity contribution in [1.29, 1.82) is 0 Å². The molecule has 0 bridgehead atoms. The minimum atomic E-state index is 0.487. The molecule has 0 saturated heterocycles. The molecule has 1 N–H and O–H groups in total. The van der Waals surface area contributed by atoms with E-state index in [-0.39, 0.29) is 0 Å². The largest absolute Gasteiger partial charge is 0.465 e. The molecule has 6 heteroatoms. The molecular weight excluding hydrogens is 286 g/mol. The first-order valence-corrected chi connectivity index (χ1v) is 7.56. The van der Waals surface area contributed by atoms with Gasteiger partial charge in [0.2, 0.25) is 0 Å². The van der Waals surface area contributed by atoms with Crippen molar-refractivity contribution >= 4 is 17.4 Å². The van der Waals surface area contributed by atoms with Crippen LogP contribution in [-0.4, -0.2) is 37.1 Å². The summed E-state index contributed by atoms with van der Waals surface area (Å²) in [4.78, 5) is 0. The van der Waals surface area contributed by atoms with Gasteiger partial charge in [-0.2, -0.15) is 0 Å². The Bertz CT molecular complexity index is 543. The summed E-state index contributed by atoms with van der Waals surface area (Å²) in [6.45, 7) is 2.66. The van der Waals surface area contributed by atoms with Crippen LogP contribution in [0.3, 0.4) is 0 Å². The lowest BCUT2D eigenvalue weighted by atomic mass is 10.2. The van der Waals surface area contributed by atoms with E-state index < -0.39 is 0 Å². The van der Waals surface area contributed by atoms with Crippen molar-refractivity contribution in [2.75, 3.05) is 26.9 Å². The Morgan fingerprint density at radius 2 is 2.10 bits per heavy atom. The quantitative estimate of drug-likeness (QED) is 0.721. The number of nitrogens with zero attached hydrogens (tertiary/aromatic N) is 2. The molecule has 1 aromatic carbocycles. The molecule has 112 valence electrons. The zero-order valence-corrected chi connectivity index (χ0v) is 12.8. The van der Waals surface area contributed by atoms with E-state index in [0.717, 1.165) is 17.1 Å². The van der Waals surface area contributed by atoms with Gasteiger partial charge < -0.3 is 14.8 Å². The highest BCUT2D eigenvalue weighted by Gasteiger charge is 2.03. The summed E-state index contributed by atoms with van der Waals surface area (Å²) in [5, 5.41) is 12.8. The molecule has 0 aliphatic heterocycles.